The van der Waals surface area contributed by atoms with Crippen molar-refractivity contribution in [2.24, 2.45) is 5.92 Å². The second kappa shape index (κ2) is 3.18. The van der Waals surface area contributed by atoms with E-state index in [1.54, 1.807) is 6.07 Å². The lowest BCUT2D eigenvalue weighted by Gasteiger charge is -2.07. The van der Waals surface area contributed by atoms with Crippen LogP contribution in [0.4, 0.5) is 8.78 Å². The Kier molecular flexibility index (Phi) is 2.41. The van der Waals surface area contributed by atoms with Crippen molar-refractivity contribution in [1.82, 2.24) is 0 Å². The monoisotopic (exact) mass is 173 g/mol. The van der Waals surface area contributed by atoms with E-state index in [1.165, 1.54) is 0 Å². The van der Waals surface area contributed by atoms with E-state index < -0.39 is 11.8 Å². The maximum Gasteiger partial charge on any atom is 0.248 e. The van der Waals surface area contributed by atoms with Gasteiger partial charge in [-0.3, -0.25) is 4.79 Å². The number of alkyl halides is 2. The molecular weight excluding hydrogens is 164 g/mol. The van der Waals surface area contributed by atoms with Gasteiger partial charge in [-0.2, -0.15) is 5.26 Å². The fourth-order valence-corrected chi connectivity index (χ4v) is 1.45. The van der Waals surface area contributed by atoms with E-state index >= 15 is 0 Å². The molecule has 0 bridgehead atoms. The molecule has 0 heterocycles. The van der Waals surface area contributed by atoms with Crippen molar-refractivity contribution in [3.8, 4) is 6.07 Å². The minimum absolute atomic E-state index is 0.213. The molecule has 0 aromatic heterocycles. The van der Waals surface area contributed by atoms with E-state index in [-0.39, 0.29) is 31.5 Å². The molecule has 0 aliphatic heterocycles. The van der Waals surface area contributed by atoms with Crippen LogP contribution in [0.2, 0.25) is 0 Å². The lowest BCUT2D eigenvalue weighted by atomic mass is 10.0. The molecule has 1 fully saturated rings. The van der Waals surface area contributed by atoms with Gasteiger partial charge in [0.2, 0.25) is 5.92 Å². The summed E-state index contributed by atoms with van der Waals surface area (Å²) in [5.74, 6) is -3.61. The van der Waals surface area contributed by atoms with E-state index in [0.717, 1.165) is 0 Å². The Morgan fingerprint density at radius 1 is 1.67 bits per heavy atom. The Balaban J connectivity index is 2.48. The molecular formula is C8H9F2NO. The van der Waals surface area contributed by atoms with Crippen LogP contribution in [0.3, 0.4) is 0 Å². The quantitative estimate of drug-likeness (QED) is 0.639. The smallest absolute Gasteiger partial charge is 0.248 e. The highest BCUT2D eigenvalue weighted by molar-refractivity contribution is 5.83. The summed E-state index contributed by atoms with van der Waals surface area (Å²) in [6.07, 6.45) is -0.587. The topological polar surface area (TPSA) is 40.9 Å². The maximum atomic E-state index is 12.6. The molecule has 0 aromatic rings. The molecule has 1 aliphatic carbocycles. The van der Waals surface area contributed by atoms with Gasteiger partial charge in [0.1, 0.15) is 5.78 Å². The van der Waals surface area contributed by atoms with Crippen LogP contribution in [-0.2, 0) is 4.79 Å². The molecule has 12 heavy (non-hydrogen) atoms. The number of halogens is 2. The molecule has 4 heteroatoms. The summed E-state index contributed by atoms with van der Waals surface area (Å²) in [5.41, 5.74) is 0. The zero-order valence-electron chi connectivity index (χ0n) is 6.52. The Morgan fingerprint density at radius 2 is 2.33 bits per heavy atom. The number of hydrogen-bond acceptors (Lipinski definition) is 2. The molecule has 1 saturated carbocycles. The summed E-state index contributed by atoms with van der Waals surface area (Å²) in [6.45, 7) is 0. The fraction of sp³-hybridized carbons (Fsp3) is 0.750. The van der Waals surface area contributed by atoms with Gasteiger partial charge in [-0.25, -0.2) is 8.78 Å². The van der Waals surface area contributed by atoms with Gasteiger partial charge in [0, 0.05) is 18.8 Å². The molecule has 1 atom stereocenters. The molecule has 0 radical (unpaired) electrons. The minimum atomic E-state index is -2.68. The number of carbonyl (C=O) groups is 1. The predicted molar refractivity (Wildman–Crippen MR) is 37.5 cm³/mol. The van der Waals surface area contributed by atoms with Gasteiger partial charge in [0.15, 0.2) is 0 Å². The highest BCUT2D eigenvalue weighted by Gasteiger charge is 2.41. The Labute approximate surface area is 69.2 Å². The van der Waals surface area contributed by atoms with Crippen molar-refractivity contribution in [1.29, 1.82) is 5.26 Å². The third kappa shape index (κ3) is 2.00. The van der Waals surface area contributed by atoms with E-state index in [4.69, 9.17) is 5.26 Å². The van der Waals surface area contributed by atoms with E-state index in [0.29, 0.717) is 0 Å². The van der Waals surface area contributed by atoms with Crippen molar-refractivity contribution < 1.29 is 13.6 Å². The van der Waals surface area contributed by atoms with Crippen LogP contribution in [-0.4, -0.2) is 11.7 Å². The third-order valence-electron chi connectivity index (χ3n) is 2.11. The summed E-state index contributed by atoms with van der Waals surface area (Å²) in [7, 11) is 0. The van der Waals surface area contributed by atoms with Crippen molar-refractivity contribution >= 4 is 5.78 Å². The van der Waals surface area contributed by atoms with Crippen LogP contribution in [0.1, 0.15) is 25.7 Å². The molecule has 1 aliphatic rings. The largest absolute Gasteiger partial charge is 0.298 e. The Morgan fingerprint density at radius 3 is 2.75 bits per heavy atom. The van der Waals surface area contributed by atoms with Gasteiger partial charge in [-0.1, -0.05) is 0 Å². The van der Waals surface area contributed by atoms with Crippen LogP contribution in [0.5, 0.6) is 0 Å². The second-order valence-corrected chi connectivity index (χ2v) is 3.10. The number of rotatable bonds is 2. The second-order valence-electron chi connectivity index (χ2n) is 3.10. The highest BCUT2D eigenvalue weighted by atomic mass is 19.3. The number of nitriles is 1. The van der Waals surface area contributed by atoms with Crippen LogP contribution < -0.4 is 0 Å². The summed E-state index contributed by atoms with van der Waals surface area (Å²) in [5, 5.41) is 8.17. The Hall–Kier alpha value is -0.980. The van der Waals surface area contributed by atoms with E-state index in [9.17, 15) is 13.6 Å². The fourth-order valence-electron chi connectivity index (χ4n) is 1.45. The summed E-state index contributed by atoms with van der Waals surface area (Å²) in [6, 6.07) is 1.68. The third-order valence-corrected chi connectivity index (χ3v) is 2.11. The average Bonchev–Trinajstić information content (AvgIpc) is 2.31. The first-order valence-corrected chi connectivity index (χ1v) is 3.83. The zero-order valence-corrected chi connectivity index (χ0v) is 6.52. The number of carbonyl (C=O) groups excluding carboxylic acids is 1. The summed E-state index contributed by atoms with van der Waals surface area (Å²) < 4.78 is 25.1. The van der Waals surface area contributed by atoms with Crippen molar-refractivity contribution in [2.45, 2.75) is 31.6 Å². The first kappa shape index (κ1) is 9.11. The van der Waals surface area contributed by atoms with E-state index in [1.807, 2.05) is 0 Å². The molecule has 0 aromatic carbocycles. The number of hydrogen-bond donors (Lipinski definition) is 0. The molecule has 0 N–H and O–H groups in total. The maximum absolute atomic E-state index is 12.6. The van der Waals surface area contributed by atoms with Gasteiger partial charge in [0.05, 0.1) is 12.5 Å². The van der Waals surface area contributed by atoms with Crippen LogP contribution >= 0.6 is 0 Å². The molecule has 66 valence electrons. The van der Waals surface area contributed by atoms with Crippen molar-refractivity contribution in [3.63, 3.8) is 0 Å². The summed E-state index contributed by atoms with van der Waals surface area (Å²) >= 11 is 0. The van der Waals surface area contributed by atoms with E-state index in [2.05, 4.69) is 0 Å². The van der Waals surface area contributed by atoms with Gasteiger partial charge in [-0.15, -0.1) is 0 Å². The van der Waals surface area contributed by atoms with Crippen molar-refractivity contribution in [2.75, 3.05) is 0 Å². The standard InChI is InChI=1S/C8H9F2NO/c9-8(10)3-1-6(5-8)7(12)2-4-11/h6H,1-3,5H2. The van der Waals surface area contributed by atoms with Gasteiger partial charge < -0.3 is 0 Å². The van der Waals surface area contributed by atoms with Crippen LogP contribution in [0.15, 0.2) is 0 Å². The van der Waals surface area contributed by atoms with Gasteiger partial charge in [0.25, 0.3) is 0 Å². The molecule has 0 amide bonds. The molecule has 1 rings (SSSR count). The average molecular weight is 173 g/mol. The normalized spacial score (nSPS) is 26.6. The van der Waals surface area contributed by atoms with Gasteiger partial charge in [-0.05, 0) is 6.42 Å². The SMILES string of the molecule is N#CCC(=O)C1CCC(F)(F)C1. The molecule has 0 spiro atoms. The first-order valence-electron chi connectivity index (χ1n) is 3.83. The minimum Gasteiger partial charge on any atom is -0.298 e. The summed E-state index contributed by atoms with van der Waals surface area (Å²) in [4.78, 5) is 11.0. The highest BCUT2D eigenvalue weighted by Crippen LogP contribution is 2.39. The van der Waals surface area contributed by atoms with Crippen LogP contribution in [0, 0.1) is 17.2 Å². The molecule has 1 unspecified atom stereocenters. The predicted octanol–water partition coefficient (Wildman–Crippen LogP) is 1.90. The Bertz CT molecular complexity index is 232. The van der Waals surface area contributed by atoms with Crippen LogP contribution in [0.25, 0.3) is 0 Å². The molecule has 2 nitrogen and oxygen atoms in total. The van der Waals surface area contributed by atoms with Gasteiger partial charge >= 0.3 is 0 Å². The first-order chi connectivity index (χ1) is 5.55. The zero-order chi connectivity index (χ0) is 9.19. The number of Topliss-reactive ketones (excluding diaryl/α,β-unsaturated/α-hetero) is 1. The lowest BCUT2D eigenvalue weighted by molar-refractivity contribution is -0.122. The lowest BCUT2D eigenvalue weighted by Crippen LogP contribution is -2.14. The van der Waals surface area contributed by atoms with Crippen molar-refractivity contribution in [3.05, 3.63) is 0 Å². The number of nitrogens with zero attached hydrogens (tertiary/aromatic N) is 1. The molecule has 0 saturated heterocycles. The number of ketones is 1.